The van der Waals surface area contributed by atoms with Crippen molar-refractivity contribution >= 4 is 0 Å². The van der Waals surface area contributed by atoms with Gasteiger partial charge in [0.2, 0.25) is 0 Å². The van der Waals surface area contributed by atoms with Crippen LogP contribution in [0.2, 0.25) is 0 Å². The standard InChI is InChI=1S/C44H78N2/c1-33-13-21-39(22-14-33)45(41-25-17-37(18-26-41)35-9-5-3-6-10-35)43-29-31-44(32-30-43)46(40-23-15-34(2)16-24-40)42-27-19-38(20-28-42)36-11-7-4-8-12-36/h33-44H,3-32H2,1-2H3. The van der Waals surface area contributed by atoms with E-state index in [1.54, 1.807) is 51.4 Å². The lowest BCUT2D eigenvalue weighted by Crippen LogP contribution is -2.56. The van der Waals surface area contributed by atoms with Crippen molar-refractivity contribution in [3.63, 3.8) is 0 Å². The first-order valence-corrected chi connectivity index (χ1v) is 22.2. The number of rotatable bonds is 8. The van der Waals surface area contributed by atoms with Gasteiger partial charge in [0.1, 0.15) is 0 Å². The van der Waals surface area contributed by atoms with E-state index >= 15 is 0 Å². The Morgan fingerprint density at radius 3 is 0.739 bits per heavy atom. The van der Waals surface area contributed by atoms with Gasteiger partial charge in [0.25, 0.3) is 0 Å². The molecule has 2 heteroatoms. The van der Waals surface area contributed by atoms with Gasteiger partial charge in [-0.1, -0.05) is 78.1 Å². The Balaban J connectivity index is 0.993. The van der Waals surface area contributed by atoms with E-state index in [-0.39, 0.29) is 0 Å². The third-order valence-corrected chi connectivity index (χ3v) is 16.3. The molecule has 0 aromatic rings. The summed E-state index contributed by atoms with van der Waals surface area (Å²) in [4.78, 5) is 6.56. The van der Waals surface area contributed by atoms with Gasteiger partial charge >= 0.3 is 0 Å². The molecule has 7 aliphatic rings. The predicted molar refractivity (Wildman–Crippen MR) is 197 cm³/mol. The second kappa shape index (κ2) is 16.8. The zero-order valence-electron chi connectivity index (χ0n) is 31.0. The average molecular weight is 635 g/mol. The van der Waals surface area contributed by atoms with Gasteiger partial charge in [-0.3, -0.25) is 9.80 Å². The van der Waals surface area contributed by atoms with Crippen LogP contribution in [0, 0.1) is 35.5 Å². The van der Waals surface area contributed by atoms with E-state index in [1.165, 1.54) is 141 Å². The zero-order valence-corrected chi connectivity index (χ0v) is 31.0. The van der Waals surface area contributed by atoms with Crippen molar-refractivity contribution in [2.24, 2.45) is 35.5 Å². The highest BCUT2D eigenvalue weighted by Crippen LogP contribution is 2.45. The van der Waals surface area contributed by atoms with Gasteiger partial charge in [-0.2, -0.15) is 0 Å². The SMILES string of the molecule is CC1CCC(N(C2CCC(C3CCCCC3)CC2)C2CCC(N(C3CCC(C)CC3)C3CCC(C4CCCCC4)CC3)CC2)CC1. The van der Waals surface area contributed by atoms with Gasteiger partial charge in [-0.05, 0) is 164 Å². The summed E-state index contributed by atoms with van der Waals surface area (Å²) in [5, 5.41) is 0. The van der Waals surface area contributed by atoms with E-state index in [0.29, 0.717) is 0 Å². The van der Waals surface area contributed by atoms with Crippen molar-refractivity contribution in [2.75, 3.05) is 0 Å². The highest BCUT2D eigenvalue weighted by Gasteiger charge is 2.43. The van der Waals surface area contributed by atoms with Crippen LogP contribution in [-0.4, -0.2) is 46.1 Å². The molecule has 0 atom stereocenters. The monoisotopic (exact) mass is 635 g/mol. The van der Waals surface area contributed by atoms with Crippen LogP contribution in [0.4, 0.5) is 0 Å². The van der Waals surface area contributed by atoms with Gasteiger partial charge in [-0.15, -0.1) is 0 Å². The van der Waals surface area contributed by atoms with Crippen molar-refractivity contribution in [3.8, 4) is 0 Å². The Hall–Kier alpha value is -0.0800. The molecule has 0 amide bonds. The Morgan fingerprint density at radius 2 is 0.457 bits per heavy atom. The summed E-state index contributed by atoms with van der Waals surface area (Å²) in [6, 6.07) is 5.40. The minimum atomic E-state index is 0.890. The number of hydrogen-bond donors (Lipinski definition) is 0. The van der Waals surface area contributed by atoms with Gasteiger partial charge in [0, 0.05) is 36.3 Å². The molecule has 0 bridgehead atoms. The lowest BCUT2D eigenvalue weighted by molar-refractivity contribution is -0.0303. The predicted octanol–water partition coefficient (Wildman–Crippen LogP) is 12.3. The minimum Gasteiger partial charge on any atom is -0.294 e. The molecular weight excluding hydrogens is 556 g/mol. The smallest absolute Gasteiger partial charge is 0.0102 e. The maximum absolute atomic E-state index is 3.28. The number of nitrogens with zero attached hydrogens (tertiary/aromatic N) is 2. The lowest BCUT2D eigenvalue weighted by atomic mass is 9.71. The first-order chi connectivity index (χ1) is 22.6. The molecule has 0 aromatic carbocycles. The summed E-state index contributed by atoms with van der Waals surface area (Å²) in [6.45, 7) is 5.06. The molecule has 2 nitrogen and oxygen atoms in total. The molecule has 0 radical (unpaired) electrons. The maximum atomic E-state index is 3.28. The molecule has 0 aromatic heterocycles. The Bertz CT molecular complexity index is 776. The largest absolute Gasteiger partial charge is 0.294 e. The van der Waals surface area contributed by atoms with Crippen molar-refractivity contribution in [1.82, 2.24) is 9.80 Å². The molecule has 0 unspecified atom stereocenters. The first kappa shape index (κ1) is 34.4. The lowest BCUT2D eigenvalue weighted by Gasteiger charge is -2.53. The molecule has 7 aliphatic carbocycles. The average Bonchev–Trinajstić information content (AvgIpc) is 3.12. The van der Waals surface area contributed by atoms with Crippen LogP contribution in [-0.2, 0) is 0 Å². The van der Waals surface area contributed by atoms with E-state index in [9.17, 15) is 0 Å². The summed E-state index contributed by atoms with van der Waals surface area (Å²) >= 11 is 0. The van der Waals surface area contributed by atoms with Crippen LogP contribution in [0.5, 0.6) is 0 Å². The summed E-state index contributed by atoms with van der Waals surface area (Å²) in [6.07, 6.45) is 45.7. The third-order valence-electron chi connectivity index (χ3n) is 16.3. The fourth-order valence-electron chi connectivity index (χ4n) is 13.5. The molecule has 7 fully saturated rings. The summed E-state index contributed by atoms with van der Waals surface area (Å²) in [7, 11) is 0. The van der Waals surface area contributed by atoms with E-state index in [1.807, 2.05) is 0 Å². The highest BCUT2D eigenvalue weighted by molar-refractivity contribution is 4.97. The normalized spacial score (nSPS) is 42.8. The van der Waals surface area contributed by atoms with Gasteiger partial charge in [-0.25, -0.2) is 0 Å². The van der Waals surface area contributed by atoms with Crippen LogP contribution in [0.25, 0.3) is 0 Å². The molecule has 0 N–H and O–H groups in total. The maximum Gasteiger partial charge on any atom is 0.0102 e. The fraction of sp³-hybridized carbons (Fsp3) is 1.00. The van der Waals surface area contributed by atoms with Crippen LogP contribution in [0.1, 0.15) is 206 Å². The molecule has 0 heterocycles. The van der Waals surface area contributed by atoms with Gasteiger partial charge in [0.15, 0.2) is 0 Å². The quantitative estimate of drug-likeness (QED) is 0.262. The third kappa shape index (κ3) is 8.44. The van der Waals surface area contributed by atoms with Gasteiger partial charge < -0.3 is 0 Å². The minimum absolute atomic E-state index is 0.890. The molecule has 7 rings (SSSR count). The highest BCUT2D eigenvalue weighted by atomic mass is 15.2. The molecule has 264 valence electrons. The Kier molecular flexibility index (Phi) is 12.5. The van der Waals surface area contributed by atoms with Crippen LogP contribution < -0.4 is 0 Å². The molecular formula is C44H78N2. The second-order valence-electron chi connectivity index (χ2n) is 19.1. The van der Waals surface area contributed by atoms with Gasteiger partial charge in [0.05, 0.1) is 0 Å². The van der Waals surface area contributed by atoms with Crippen LogP contribution in [0.3, 0.4) is 0 Å². The Labute approximate surface area is 287 Å². The van der Waals surface area contributed by atoms with Crippen LogP contribution >= 0.6 is 0 Å². The summed E-state index contributed by atoms with van der Waals surface area (Å²) in [5.74, 6) is 6.24. The summed E-state index contributed by atoms with van der Waals surface area (Å²) < 4.78 is 0. The fourth-order valence-corrected chi connectivity index (χ4v) is 13.5. The van der Waals surface area contributed by atoms with E-state index in [0.717, 1.165) is 71.8 Å². The Morgan fingerprint density at radius 1 is 0.239 bits per heavy atom. The van der Waals surface area contributed by atoms with Crippen LogP contribution in [0.15, 0.2) is 0 Å². The zero-order chi connectivity index (χ0) is 31.3. The van der Waals surface area contributed by atoms with E-state index in [4.69, 9.17) is 0 Å². The van der Waals surface area contributed by atoms with Crippen molar-refractivity contribution in [2.45, 2.75) is 243 Å². The topological polar surface area (TPSA) is 6.48 Å². The molecule has 46 heavy (non-hydrogen) atoms. The molecule has 0 aliphatic heterocycles. The van der Waals surface area contributed by atoms with E-state index in [2.05, 4.69) is 23.6 Å². The molecule has 0 saturated heterocycles. The number of hydrogen-bond acceptors (Lipinski definition) is 2. The summed E-state index contributed by atoms with van der Waals surface area (Å²) in [5.41, 5.74) is 0. The first-order valence-electron chi connectivity index (χ1n) is 22.2. The molecule has 0 spiro atoms. The van der Waals surface area contributed by atoms with E-state index < -0.39 is 0 Å². The van der Waals surface area contributed by atoms with Crippen molar-refractivity contribution in [1.29, 1.82) is 0 Å². The second-order valence-corrected chi connectivity index (χ2v) is 19.1. The molecule has 7 saturated carbocycles. The van der Waals surface area contributed by atoms with Crippen molar-refractivity contribution in [3.05, 3.63) is 0 Å². The van der Waals surface area contributed by atoms with Crippen molar-refractivity contribution < 1.29 is 0 Å².